The van der Waals surface area contributed by atoms with Gasteiger partial charge in [0.05, 0.1) is 0 Å². The van der Waals surface area contributed by atoms with Crippen LogP contribution in [0.2, 0.25) is 0 Å². The monoisotopic (exact) mass is 314 g/mol. The fourth-order valence-electron chi connectivity index (χ4n) is 1.95. The van der Waals surface area contributed by atoms with Gasteiger partial charge in [-0.2, -0.15) is 24.9 Å². The minimum Gasteiger partial charge on any atom is -0.480 e. The first-order chi connectivity index (χ1) is 9.17. The number of carbonyl (C=O) groups is 2. The number of nitrogens with zero attached hydrogens (tertiary/aromatic N) is 1. The minimum atomic E-state index is -4.62. The number of hydrogen-bond donors (Lipinski definition) is 2. The zero-order chi connectivity index (χ0) is 15.4. The molecule has 0 atom stereocenters. The number of hydrogen-bond acceptors (Lipinski definition) is 3. The first-order valence-corrected chi connectivity index (χ1v) is 7.26. The van der Waals surface area contributed by atoms with Crippen LogP contribution in [-0.4, -0.2) is 58.8 Å². The third-order valence-electron chi connectivity index (χ3n) is 3.24. The highest BCUT2D eigenvalue weighted by molar-refractivity contribution is 8.00. The van der Waals surface area contributed by atoms with Crippen molar-refractivity contribution >= 4 is 23.8 Å². The van der Waals surface area contributed by atoms with Gasteiger partial charge in [0.1, 0.15) is 13.1 Å². The average Bonchev–Trinajstić information content (AvgIpc) is 2.24. The third-order valence-corrected chi connectivity index (χ3v) is 4.66. The molecule has 1 aliphatic carbocycles. The maximum atomic E-state index is 12.3. The number of rotatable bonds is 6. The SMILES string of the molecule is CSC1(CNC(=O)N(CC(=O)O)CC(F)(F)F)CCC1. The summed E-state index contributed by atoms with van der Waals surface area (Å²) < 4.78 is 36.8. The van der Waals surface area contributed by atoms with Crippen molar-refractivity contribution in [2.24, 2.45) is 0 Å². The Hall–Kier alpha value is -1.12. The fourth-order valence-corrected chi connectivity index (χ4v) is 2.87. The highest BCUT2D eigenvalue weighted by atomic mass is 32.2. The molecule has 0 aromatic carbocycles. The summed E-state index contributed by atoms with van der Waals surface area (Å²) in [4.78, 5) is 22.5. The zero-order valence-electron chi connectivity index (χ0n) is 11.0. The summed E-state index contributed by atoms with van der Waals surface area (Å²) >= 11 is 1.57. The smallest absolute Gasteiger partial charge is 0.406 e. The summed E-state index contributed by atoms with van der Waals surface area (Å²) in [6, 6.07) is -0.995. The van der Waals surface area contributed by atoms with Crippen LogP contribution in [0, 0.1) is 0 Å². The molecule has 0 heterocycles. The minimum absolute atomic E-state index is 0.122. The molecular weight excluding hydrogens is 297 g/mol. The molecule has 0 saturated heterocycles. The van der Waals surface area contributed by atoms with Crippen LogP contribution >= 0.6 is 11.8 Å². The number of urea groups is 1. The van der Waals surface area contributed by atoms with E-state index in [2.05, 4.69) is 5.32 Å². The summed E-state index contributed by atoms with van der Waals surface area (Å²) in [5.74, 6) is -1.48. The van der Waals surface area contributed by atoms with Gasteiger partial charge in [0, 0.05) is 11.3 Å². The molecule has 1 saturated carbocycles. The summed E-state index contributed by atoms with van der Waals surface area (Å²) in [5.41, 5.74) is 0. The highest BCUT2D eigenvalue weighted by Gasteiger charge is 2.38. The number of carbonyl (C=O) groups excluding carboxylic acids is 1. The van der Waals surface area contributed by atoms with Crippen LogP contribution in [0.15, 0.2) is 0 Å². The first kappa shape index (κ1) is 16.9. The van der Waals surface area contributed by atoms with E-state index in [1.807, 2.05) is 6.26 Å². The van der Waals surface area contributed by atoms with Crippen LogP contribution in [0.5, 0.6) is 0 Å². The van der Waals surface area contributed by atoms with Crippen molar-refractivity contribution in [1.82, 2.24) is 10.2 Å². The number of nitrogens with one attached hydrogen (secondary N) is 1. The van der Waals surface area contributed by atoms with Gasteiger partial charge in [-0.25, -0.2) is 4.79 Å². The quantitative estimate of drug-likeness (QED) is 0.786. The molecule has 0 aliphatic heterocycles. The number of alkyl halides is 3. The number of carboxylic acids is 1. The number of carboxylic acid groups (broad SMARTS) is 1. The first-order valence-electron chi connectivity index (χ1n) is 6.04. The Morgan fingerprint density at radius 2 is 2.00 bits per heavy atom. The molecule has 0 unspecified atom stereocenters. The molecule has 1 fully saturated rings. The third kappa shape index (κ3) is 5.10. The van der Waals surface area contributed by atoms with E-state index in [4.69, 9.17) is 5.11 Å². The predicted molar refractivity (Wildman–Crippen MR) is 68.8 cm³/mol. The van der Waals surface area contributed by atoms with E-state index >= 15 is 0 Å². The zero-order valence-corrected chi connectivity index (χ0v) is 11.8. The van der Waals surface area contributed by atoms with E-state index < -0.39 is 31.3 Å². The Labute approximate surface area is 118 Å². The van der Waals surface area contributed by atoms with E-state index in [1.165, 1.54) is 0 Å². The molecule has 9 heteroatoms. The predicted octanol–water partition coefficient (Wildman–Crippen LogP) is 1.93. The van der Waals surface area contributed by atoms with Crippen molar-refractivity contribution in [2.75, 3.05) is 25.9 Å². The van der Waals surface area contributed by atoms with Gasteiger partial charge in [-0.3, -0.25) is 4.79 Å². The van der Waals surface area contributed by atoms with Crippen molar-refractivity contribution < 1.29 is 27.9 Å². The molecule has 116 valence electrons. The van der Waals surface area contributed by atoms with E-state index in [0.29, 0.717) is 0 Å². The Balaban J connectivity index is 2.56. The molecule has 0 radical (unpaired) electrons. The van der Waals surface area contributed by atoms with Gasteiger partial charge in [-0.15, -0.1) is 0 Å². The van der Waals surface area contributed by atoms with Gasteiger partial charge < -0.3 is 15.3 Å². The molecular formula is C11H17F3N2O3S. The lowest BCUT2D eigenvalue weighted by atomic mass is 9.84. The van der Waals surface area contributed by atoms with E-state index in [-0.39, 0.29) is 16.2 Å². The second kappa shape index (κ2) is 6.55. The van der Waals surface area contributed by atoms with Crippen molar-refractivity contribution in [2.45, 2.75) is 30.2 Å². The Bertz CT molecular complexity index is 367. The van der Waals surface area contributed by atoms with Crippen molar-refractivity contribution in [3.63, 3.8) is 0 Å². The van der Waals surface area contributed by atoms with Gasteiger partial charge in [0.2, 0.25) is 0 Å². The van der Waals surface area contributed by atoms with Crippen LogP contribution in [0.3, 0.4) is 0 Å². The lowest BCUT2D eigenvalue weighted by molar-refractivity contribution is -0.148. The van der Waals surface area contributed by atoms with E-state index in [1.54, 1.807) is 11.8 Å². The topological polar surface area (TPSA) is 69.6 Å². The Morgan fingerprint density at radius 1 is 1.40 bits per heavy atom. The maximum Gasteiger partial charge on any atom is 0.406 e. The second-order valence-electron chi connectivity index (χ2n) is 4.76. The lowest BCUT2D eigenvalue weighted by Gasteiger charge is -2.40. The van der Waals surface area contributed by atoms with Crippen molar-refractivity contribution in [3.8, 4) is 0 Å². The molecule has 2 N–H and O–H groups in total. The van der Waals surface area contributed by atoms with Gasteiger partial charge in [-0.1, -0.05) is 6.42 Å². The summed E-state index contributed by atoms with van der Waals surface area (Å²) in [6.45, 7) is -2.30. The van der Waals surface area contributed by atoms with E-state index in [0.717, 1.165) is 19.3 Å². The lowest BCUT2D eigenvalue weighted by Crippen LogP contribution is -2.52. The molecule has 0 aromatic rings. The normalized spacial score (nSPS) is 17.2. The summed E-state index contributed by atoms with van der Waals surface area (Å²) in [5, 5.41) is 11.0. The Morgan fingerprint density at radius 3 is 2.35 bits per heavy atom. The molecule has 5 nitrogen and oxygen atoms in total. The Kier molecular flexibility index (Phi) is 5.55. The molecule has 0 aromatic heterocycles. The number of halogens is 3. The van der Waals surface area contributed by atoms with Crippen LogP contribution in [0.1, 0.15) is 19.3 Å². The number of thioether (sulfide) groups is 1. The number of amides is 2. The van der Waals surface area contributed by atoms with Crippen molar-refractivity contribution in [1.29, 1.82) is 0 Å². The van der Waals surface area contributed by atoms with Gasteiger partial charge >= 0.3 is 18.2 Å². The van der Waals surface area contributed by atoms with Gasteiger partial charge in [0.15, 0.2) is 0 Å². The second-order valence-corrected chi connectivity index (χ2v) is 6.04. The molecule has 0 bridgehead atoms. The van der Waals surface area contributed by atoms with Crippen LogP contribution < -0.4 is 5.32 Å². The largest absolute Gasteiger partial charge is 0.480 e. The van der Waals surface area contributed by atoms with Crippen molar-refractivity contribution in [3.05, 3.63) is 0 Å². The highest BCUT2D eigenvalue weighted by Crippen LogP contribution is 2.42. The van der Waals surface area contributed by atoms with Gasteiger partial charge in [-0.05, 0) is 19.1 Å². The molecule has 1 aliphatic rings. The molecule has 1 rings (SSSR count). The van der Waals surface area contributed by atoms with Crippen LogP contribution in [0.25, 0.3) is 0 Å². The van der Waals surface area contributed by atoms with Crippen LogP contribution in [0.4, 0.5) is 18.0 Å². The summed E-state index contributed by atoms with van der Waals surface area (Å²) in [6.07, 6.45) is 0.0773. The van der Waals surface area contributed by atoms with E-state index in [9.17, 15) is 22.8 Å². The van der Waals surface area contributed by atoms with Gasteiger partial charge in [0.25, 0.3) is 0 Å². The van der Waals surface area contributed by atoms with Crippen LogP contribution in [-0.2, 0) is 4.79 Å². The number of aliphatic carboxylic acids is 1. The molecule has 2 amide bonds. The summed E-state index contributed by atoms with van der Waals surface area (Å²) in [7, 11) is 0. The molecule has 0 spiro atoms. The fraction of sp³-hybridized carbons (Fsp3) is 0.818. The maximum absolute atomic E-state index is 12.3. The molecule has 20 heavy (non-hydrogen) atoms. The average molecular weight is 314 g/mol. The standard InChI is InChI=1S/C11H17F3N2O3S/c1-20-10(3-2-4-10)6-15-9(19)16(5-8(17)18)7-11(12,13)14/h2-7H2,1H3,(H,15,19)(H,17,18).